The van der Waals surface area contributed by atoms with Gasteiger partial charge in [0, 0.05) is 19.6 Å². The van der Waals surface area contributed by atoms with Gasteiger partial charge < -0.3 is 10.1 Å². The minimum absolute atomic E-state index is 0.410. The van der Waals surface area contributed by atoms with Gasteiger partial charge in [-0.3, -0.25) is 0 Å². The van der Waals surface area contributed by atoms with Crippen LogP contribution in [0.1, 0.15) is 34.6 Å². The van der Waals surface area contributed by atoms with E-state index in [4.69, 9.17) is 4.74 Å². The van der Waals surface area contributed by atoms with Crippen LogP contribution in [0.15, 0.2) is 0 Å². The van der Waals surface area contributed by atoms with E-state index in [1.54, 1.807) is 18.3 Å². The second-order valence-corrected chi connectivity index (χ2v) is 8.65. The molecule has 0 saturated carbocycles. The summed E-state index contributed by atoms with van der Waals surface area (Å²) in [7, 11) is -1.51. The molecule has 0 aromatic rings. The predicted molar refractivity (Wildman–Crippen MR) is 73.1 cm³/mol. The van der Waals surface area contributed by atoms with Gasteiger partial charge in [0.1, 0.15) is 0 Å². The molecule has 1 atom stereocenters. The van der Waals surface area contributed by atoms with Crippen LogP contribution in [0, 0.1) is 0 Å². The van der Waals surface area contributed by atoms with Crippen molar-refractivity contribution >= 4 is 10.0 Å². The Balaban J connectivity index is 2.95. The lowest BCUT2D eigenvalue weighted by Gasteiger charge is -2.47. The van der Waals surface area contributed by atoms with Gasteiger partial charge in [0.15, 0.2) is 0 Å². The molecule has 0 amide bonds. The number of rotatable bonds is 4. The summed E-state index contributed by atoms with van der Waals surface area (Å²) in [6.45, 7) is 10.7. The van der Waals surface area contributed by atoms with Gasteiger partial charge in [0.2, 0.25) is 10.0 Å². The molecule has 0 spiro atoms. The monoisotopic (exact) mass is 278 g/mol. The summed E-state index contributed by atoms with van der Waals surface area (Å²) in [5.74, 6) is 0. The van der Waals surface area contributed by atoms with Crippen molar-refractivity contribution in [1.82, 2.24) is 9.62 Å². The number of nitrogens with one attached hydrogen (secondary N) is 1. The summed E-state index contributed by atoms with van der Waals surface area (Å²) in [5, 5.41) is 2.49. The van der Waals surface area contributed by atoms with Crippen LogP contribution in [0.25, 0.3) is 0 Å². The summed E-state index contributed by atoms with van der Waals surface area (Å²) in [6.07, 6.45) is 0. The topological polar surface area (TPSA) is 58.6 Å². The molecule has 6 heteroatoms. The molecule has 1 unspecified atom stereocenters. The normalized spacial score (nSPS) is 25.9. The molecule has 1 fully saturated rings. The van der Waals surface area contributed by atoms with Gasteiger partial charge in [0.05, 0.1) is 16.5 Å². The van der Waals surface area contributed by atoms with E-state index < -0.39 is 26.5 Å². The lowest BCUT2D eigenvalue weighted by molar-refractivity contribution is -0.164. The first-order chi connectivity index (χ1) is 8.00. The highest BCUT2D eigenvalue weighted by Crippen LogP contribution is 2.30. The summed E-state index contributed by atoms with van der Waals surface area (Å²) < 4.78 is 32.4. The van der Waals surface area contributed by atoms with Crippen molar-refractivity contribution in [2.75, 3.05) is 26.7 Å². The smallest absolute Gasteiger partial charge is 0.218 e. The van der Waals surface area contributed by atoms with Crippen LogP contribution in [0.4, 0.5) is 0 Å². The van der Waals surface area contributed by atoms with Crippen LogP contribution in [-0.4, -0.2) is 55.9 Å². The van der Waals surface area contributed by atoms with E-state index in [1.807, 2.05) is 27.7 Å². The van der Waals surface area contributed by atoms with E-state index in [0.29, 0.717) is 19.6 Å². The Bertz CT molecular complexity index is 374. The van der Waals surface area contributed by atoms with Crippen molar-refractivity contribution in [2.45, 2.75) is 51.1 Å². The summed E-state index contributed by atoms with van der Waals surface area (Å²) in [4.78, 5) is 0. The highest BCUT2D eigenvalue weighted by molar-refractivity contribution is 7.89. The van der Waals surface area contributed by atoms with Crippen LogP contribution < -0.4 is 5.32 Å². The average molecular weight is 278 g/mol. The first-order valence-corrected chi connectivity index (χ1v) is 7.84. The van der Waals surface area contributed by atoms with Gasteiger partial charge >= 0.3 is 0 Å². The van der Waals surface area contributed by atoms with Gasteiger partial charge in [-0.15, -0.1) is 0 Å². The molecule has 0 aliphatic carbocycles. The predicted octanol–water partition coefficient (Wildman–Crippen LogP) is 0.813. The second-order valence-electron chi connectivity index (χ2n) is 6.30. The van der Waals surface area contributed by atoms with Gasteiger partial charge in [-0.25, -0.2) is 8.42 Å². The second kappa shape index (κ2) is 5.07. The van der Waals surface area contributed by atoms with Gasteiger partial charge in [-0.1, -0.05) is 0 Å². The molecular formula is C12H26N2O3S. The Morgan fingerprint density at radius 1 is 1.22 bits per heavy atom. The molecule has 1 aliphatic rings. The molecule has 1 heterocycles. The Morgan fingerprint density at radius 2 is 1.67 bits per heavy atom. The Labute approximate surface area is 111 Å². The number of nitrogens with zero attached hydrogens (tertiary/aromatic N) is 1. The van der Waals surface area contributed by atoms with Crippen molar-refractivity contribution in [3.05, 3.63) is 0 Å². The highest BCUT2D eigenvalue weighted by atomic mass is 32.2. The van der Waals surface area contributed by atoms with Crippen molar-refractivity contribution in [2.24, 2.45) is 0 Å². The molecule has 1 rings (SSSR count). The maximum Gasteiger partial charge on any atom is 0.218 e. The first-order valence-electron chi connectivity index (χ1n) is 6.34. The van der Waals surface area contributed by atoms with E-state index in [2.05, 4.69) is 5.32 Å². The van der Waals surface area contributed by atoms with Crippen LogP contribution in [-0.2, 0) is 14.8 Å². The average Bonchev–Trinajstić information content (AvgIpc) is 2.12. The molecular weight excluding hydrogens is 252 g/mol. The minimum Gasteiger partial charge on any atom is -0.367 e. The number of morpholine rings is 1. The maximum atomic E-state index is 12.5. The third kappa shape index (κ3) is 3.66. The Kier molecular flexibility index (Phi) is 4.48. The lowest BCUT2D eigenvalue weighted by Crippen LogP contribution is -2.60. The van der Waals surface area contributed by atoms with E-state index in [-0.39, 0.29) is 0 Å². The van der Waals surface area contributed by atoms with Crippen molar-refractivity contribution < 1.29 is 13.2 Å². The van der Waals surface area contributed by atoms with Gasteiger partial charge in [-0.2, -0.15) is 4.31 Å². The number of ether oxygens (including phenoxy) is 1. The molecule has 18 heavy (non-hydrogen) atoms. The van der Waals surface area contributed by atoms with E-state index in [9.17, 15) is 8.42 Å². The third-order valence-corrected chi connectivity index (χ3v) is 5.19. The number of sulfonamides is 1. The van der Waals surface area contributed by atoms with Gasteiger partial charge in [0.25, 0.3) is 0 Å². The lowest BCUT2D eigenvalue weighted by atomic mass is 10.0. The SMILES string of the molecule is CNCC(C)S(=O)(=O)N1CC(C)(C)OC(C)(C)C1. The quantitative estimate of drug-likeness (QED) is 0.827. The molecule has 0 aromatic heterocycles. The molecule has 1 aliphatic heterocycles. The Hall–Kier alpha value is -0.170. The van der Waals surface area contributed by atoms with Gasteiger partial charge in [-0.05, 0) is 41.7 Å². The largest absolute Gasteiger partial charge is 0.367 e. The zero-order valence-electron chi connectivity index (χ0n) is 12.3. The van der Waals surface area contributed by atoms with E-state index in [0.717, 1.165) is 0 Å². The van der Waals surface area contributed by atoms with Crippen LogP contribution in [0.2, 0.25) is 0 Å². The molecule has 0 bridgehead atoms. The van der Waals surface area contributed by atoms with Crippen molar-refractivity contribution in [3.8, 4) is 0 Å². The fourth-order valence-electron chi connectivity index (χ4n) is 2.55. The summed E-state index contributed by atoms with van der Waals surface area (Å²) >= 11 is 0. The van der Waals surface area contributed by atoms with E-state index >= 15 is 0 Å². The van der Waals surface area contributed by atoms with Crippen LogP contribution >= 0.6 is 0 Å². The Morgan fingerprint density at radius 3 is 2.06 bits per heavy atom. The number of hydrogen-bond acceptors (Lipinski definition) is 4. The zero-order valence-corrected chi connectivity index (χ0v) is 13.1. The van der Waals surface area contributed by atoms with Crippen LogP contribution in [0.3, 0.4) is 0 Å². The number of hydrogen-bond donors (Lipinski definition) is 1. The minimum atomic E-state index is -3.28. The van der Waals surface area contributed by atoms with Crippen LogP contribution in [0.5, 0.6) is 0 Å². The van der Waals surface area contributed by atoms with E-state index in [1.165, 1.54) is 0 Å². The third-order valence-electron chi connectivity index (χ3n) is 3.03. The maximum absolute atomic E-state index is 12.5. The molecule has 0 aromatic carbocycles. The van der Waals surface area contributed by atoms with Crippen molar-refractivity contribution in [3.63, 3.8) is 0 Å². The molecule has 0 radical (unpaired) electrons. The molecule has 1 saturated heterocycles. The zero-order chi connectivity index (χ0) is 14.2. The highest BCUT2D eigenvalue weighted by Gasteiger charge is 2.43. The first kappa shape index (κ1) is 15.9. The summed E-state index contributed by atoms with van der Waals surface area (Å²) in [6, 6.07) is 0. The standard InChI is InChI=1S/C12H26N2O3S/c1-10(7-13-6)18(15,16)14-8-11(2,3)17-12(4,5)9-14/h10,13H,7-9H2,1-6H3. The molecule has 108 valence electrons. The van der Waals surface area contributed by atoms with Crippen molar-refractivity contribution in [1.29, 1.82) is 0 Å². The fraction of sp³-hybridized carbons (Fsp3) is 1.00. The summed E-state index contributed by atoms with van der Waals surface area (Å²) in [5.41, 5.74) is -0.900. The fourth-order valence-corrected chi connectivity index (χ4v) is 4.41. The molecule has 5 nitrogen and oxygen atoms in total. The molecule has 1 N–H and O–H groups in total.